The molecule has 2 aromatic carbocycles. The normalized spacial score (nSPS) is 15.4. The average molecular weight is 398 g/mol. The second kappa shape index (κ2) is 7.49. The maximum absolute atomic E-state index is 13.7. The van der Waals surface area contributed by atoms with Gasteiger partial charge < -0.3 is 16.0 Å². The number of nitrogens with two attached hydrogens (primary N) is 1. The van der Waals surface area contributed by atoms with Gasteiger partial charge in [-0.2, -0.15) is 0 Å². The summed E-state index contributed by atoms with van der Waals surface area (Å²) in [7, 11) is 0. The van der Waals surface area contributed by atoms with Crippen molar-refractivity contribution in [3.05, 3.63) is 76.7 Å². The number of carbonyl (C=O) groups is 1. The second-order valence-corrected chi connectivity index (χ2v) is 7.14. The van der Waals surface area contributed by atoms with Gasteiger partial charge in [0.2, 0.25) is 5.91 Å². The Hall–Kier alpha value is -3.10. The minimum Gasteiger partial charge on any atom is -0.326 e. The molecule has 3 N–H and O–H groups in total. The van der Waals surface area contributed by atoms with Crippen LogP contribution < -0.4 is 16.0 Å². The zero-order valence-corrected chi connectivity index (χ0v) is 15.4. The van der Waals surface area contributed by atoms with E-state index in [1.165, 1.54) is 17.4 Å². The molecule has 0 bridgehead atoms. The van der Waals surface area contributed by atoms with Crippen molar-refractivity contribution in [2.75, 3.05) is 10.2 Å². The molecule has 1 aliphatic rings. The largest absolute Gasteiger partial charge is 0.326 e. The van der Waals surface area contributed by atoms with E-state index in [0.29, 0.717) is 5.69 Å². The quantitative estimate of drug-likeness (QED) is 0.687. The molecule has 5 nitrogen and oxygen atoms in total. The Balaban J connectivity index is 1.45. The second-order valence-electron chi connectivity index (χ2n) is 6.25. The zero-order chi connectivity index (χ0) is 19.7. The highest BCUT2D eigenvalue weighted by atomic mass is 32.1. The third-order valence-corrected chi connectivity index (χ3v) is 5.28. The highest BCUT2D eigenvalue weighted by Crippen LogP contribution is 2.36. The molecule has 28 heavy (non-hydrogen) atoms. The van der Waals surface area contributed by atoms with Gasteiger partial charge in [0.05, 0.1) is 12.8 Å². The molecule has 1 unspecified atom stereocenters. The number of hydrogen-bond donors (Lipinski definition) is 2. The van der Waals surface area contributed by atoms with Gasteiger partial charge in [0.1, 0.15) is 22.8 Å². The van der Waals surface area contributed by atoms with Crippen LogP contribution in [0.15, 0.2) is 58.9 Å². The average Bonchev–Trinajstić information content (AvgIpc) is 3.16. The number of fused-ring (bicyclic) bond motifs is 1. The number of amides is 1. The van der Waals surface area contributed by atoms with E-state index >= 15 is 0 Å². The van der Waals surface area contributed by atoms with Crippen LogP contribution >= 0.6 is 11.3 Å². The predicted octanol–water partition coefficient (Wildman–Crippen LogP) is 4.34. The molecule has 4 rings (SSSR count). The molecule has 2 heterocycles. The van der Waals surface area contributed by atoms with Crippen LogP contribution in [0.4, 0.5) is 25.2 Å². The Morgan fingerprint density at radius 2 is 1.86 bits per heavy atom. The fourth-order valence-corrected chi connectivity index (χ4v) is 3.77. The van der Waals surface area contributed by atoms with Crippen molar-refractivity contribution in [3.63, 3.8) is 0 Å². The molecule has 8 heteroatoms. The molecule has 1 amide bonds. The van der Waals surface area contributed by atoms with E-state index in [9.17, 15) is 13.6 Å². The molecule has 0 radical (unpaired) electrons. The van der Waals surface area contributed by atoms with Crippen LogP contribution in [0.2, 0.25) is 0 Å². The van der Waals surface area contributed by atoms with Crippen molar-refractivity contribution in [1.29, 1.82) is 0 Å². The van der Waals surface area contributed by atoms with E-state index in [-0.39, 0.29) is 18.2 Å². The molecule has 1 aromatic heterocycles. The summed E-state index contributed by atoms with van der Waals surface area (Å²) >= 11 is 1.53. The van der Waals surface area contributed by atoms with Crippen molar-refractivity contribution in [3.8, 4) is 0 Å². The molecule has 3 aromatic rings. The van der Waals surface area contributed by atoms with E-state index in [1.54, 1.807) is 30.6 Å². The summed E-state index contributed by atoms with van der Waals surface area (Å²) in [6.07, 6.45) is 0.950. The van der Waals surface area contributed by atoms with Gasteiger partial charge in [-0.15, -0.1) is 11.3 Å². The lowest BCUT2D eigenvalue weighted by atomic mass is 10.1. The Morgan fingerprint density at radius 3 is 2.57 bits per heavy atom. The van der Waals surface area contributed by atoms with E-state index in [4.69, 9.17) is 5.73 Å². The zero-order valence-electron chi connectivity index (χ0n) is 14.6. The van der Waals surface area contributed by atoms with Gasteiger partial charge in [0.25, 0.3) is 0 Å². The fraction of sp³-hybridized carbons (Fsp3) is 0.100. The van der Waals surface area contributed by atoms with Crippen LogP contribution in [0, 0.1) is 11.6 Å². The lowest BCUT2D eigenvalue weighted by molar-refractivity contribution is -0.115. The minimum absolute atomic E-state index is 0.251. The van der Waals surface area contributed by atoms with Crippen LogP contribution in [-0.2, 0) is 11.2 Å². The van der Waals surface area contributed by atoms with E-state index in [1.807, 2.05) is 16.3 Å². The molecule has 1 atom stereocenters. The number of thiophene rings is 1. The number of nitrogens with zero attached hydrogens (tertiary/aromatic N) is 2. The summed E-state index contributed by atoms with van der Waals surface area (Å²) in [5.74, 6) is -1.98. The Bertz CT molecular complexity index is 1030. The van der Waals surface area contributed by atoms with Gasteiger partial charge in [0, 0.05) is 22.5 Å². The first-order valence-electron chi connectivity index (χ1n) is 8.51. The van der Waals surface area contributed by atoms with Gasteiger partial charge in [0.15, 0.2) is 0 Å². The summed E-state index contributed by atoms with van der Waals surface area (Å²) in [6, 6.07) is 12.5. The van der Waals surface area contributed by atoms with Gasteiger partial charge in [-0.25, -0.2) is 13.8 Å². The Kier molecular flexibility index (Phi) is 4.89. The lowest BCUT2D eigenvalue weighted by Gasteiger charge is -2.29. The van der Waals surface area contributed by atoms with Gasteiger partial charge in [-0.1, -0.05) is 6.07 Å². The number of hydrogen-bond acceptors (Lipinski definition) is 5. The smallest absolute Gasteiger partial charge is 0.229 e. The summed E-state index contributed by atoms with van der Waals surface area (Å²) in [6.45, 7) is 0. The van der Waals surface area contributed by atoms with Crippen LogP contribution in [0.3, 0.4) is 0 Å². The van der Waals surface area contributed by atoms with E-state index < -0.39 is 17.5 Å². The van der Waals surface area contributed by atoms with Gasteiger partial charge in [-0.3, -0.25) is 4.79 Å². The molecule has 142 valence electrons. The fourth-order valence-electron chi connectivity index (χ4n) is 2.99. The number of benzene rings is 2. The minimum atomic E-state index is -0.739. The molecular formula is C20H16F2N4OS. The van der Waals surface area contributed by atoms with Crippen molar-refractivity contribution in [2.45, 2.75) is 12.6 Å². The lowest BCUT2D eigenvalue weighted by Crippen LogP contribution is -2.35. The number of aliphatic imine (C=N–C) groups is 1. The molecular weight excluding hydrogens is 382 g/mol. The third-order valence-electron chi connectivity index (χ3n) is 4.44. The number of anilines is 2. The Morgan fingerprint density at radius 1 is 1.14 bits per heavy atom. The summed E-state index contributed by atoms with van der Waals surface area (Å²) < 4.78 is 27.4. The van der Waals surface area contributed by atoms with Crippen LogP contribution in [0.25, 0.3) is 0 Å². The first kappa shape index (κ1) is 18.3. The van der Waals surface area contributed by atoms with Crippen molar-refractivity contribution in [2.24, 2.45) is 10.7 Å². The molecule has 0 saturated heterocycles. The van der Waals surface area contributed by atoms with Crippen LogP contribution in [0.1, 0.15) is 17.3 Å². The van der Waals surface area contributed by atoms with Gasteiger partial charge >= 0.3 is 0 Å². The number of carbonyl (C=O) groups excluding carboxylic acids is 1. The maximum Gasteiger partial charge on any atom is 0.229 e. The topological polar surface area (TPSA) is 70.7 Å². The molecule has 0 saturated carbocycles. The van der Waals surface area contributed by atoms with Crippen molar-refractivity contribution in [1.82, 2.24) is 0 Å². The molecule has 0 aliphatic carbocycles. The number of nitrogens with one attached hydrogen (secondary N) is 1. The summed E-state index contributed by atoms with van der Waals surface area (Å²) in [4.78, 5) is 18.4. The standard InChI is InChI=1S/C20H16F2N4OS/c21-16-2-1-3-17(22)15(16)10-18(27)25-12-4-6-13(7-5-12)26-11-24-20-14(19(26)23)8-9-28-20/h1-9,11,19H,10,23H2,(H,25,27). The first-order valence-corrected chi connectivity index (χ1v) is 9.39. The predicted molar refractivity (Wildman–Crippen MR) is 107 cm³/mol. The molecule has 0 spiro atoms. The molecule has 0 fully saturated rings. The van der Waals surface area contributed by atoms with E-state index in [0.717, 1.165) is 28.4 Å². The third kappa shape index (κ3) is 3.51. The summed E-state index contributed by atoms with van der Waals surface area (Å²) in [5.41, 5.74) is 8.33. The highest BCUT2D eigenvalue weighted by molar-refractivity contribution is 7.14. The SMILES string of the molecule is NC1c2ccsc2N=CN1c1ccc(NC(=O)Cc2c(F)cccc2F)cc1. The number of halogens is 2. The first-order chi connectivity index (χ1) is 13.5. The van der Waals surface area contributed by atoms with Crippen LogP contribution in [0.5, 0.6) is 0 Å². The van der Waals surface area contributed by atoms with E-state index in [2.05, 4.69) is 10.3 Å². The summed E-state index contributed by atoms with van der Waals surface area (Å²) in [5, 5.41) is 5.49. The van der Waals surface area contributed by atoms with Gasteiger partial charge in [-0.05, 0) is 47.8 Å². The Labute approximate surface area is 164 Å². The number of rotatable bonds is 4. The monoisotopic (exact) mass is 398 g/mol. The maximum atomic E-state index is 13.7. The molecule has 1 aliphatic heterocycles. The highest BCUT2D eigenvalue weighted by Gasteiger charge is 2.23. The van der Waals surface area contributed by atoms with Crippen LogP contribution in [-0.4, -0.2) is 12.2 Å². The van der Waals surface area contributed by atoms with Crippen molar-refractivity contribution >= 4 is 40.0 Å². The van der Waals surface area contributed by atoms with Crippen molar-refractivity contribution < 1.29 is 13.6 Å².